The van der Waals surface area contributed by atoms with E-state index in [-0.39, 0.29) is 22.7 Å². The van der Waals surface area contributed by atoms with Crippen LogP contribution in [0.2, 0.25) is 0 Å². The van der Waals surface area contributed by atoms with Gasteiger partial charge in [-0.3, -0.25) is 18.7 Å². The third-order valence-corrected chi connectivity index (χ3v) is 5.68. The van der Waals surface area contributed by atoms with Crippen molar-refractivity contribution in [3.63, 3.8) is 0 Å². The highest BCUT2D eigenvalue weighted by molar-refractivity contribution is 5.96. The summed E-state index contributed by atoms with van der Waals surface area (Å²) in [6.07, 6.45) is 0. The van der Waals surface area contributed by atoms with Gasteiger partial charge in [-0.15, -0.1) is 0 Å². The van der Waals surface area contributed by atoms with Gasteiger partial charge in [0.25, 0.3) is 11.5 Å². The number of fused-ring (bicyclic) bond motifs is 1. The van der Waals surface area contributed by atoms with Gasteiger partial charge in [0, 0.05) is 51.4 Å². The molecule has 1 saturated heterocycles. The first kappa shape index (κ1) is 19.7. The van der Waals surface area contributed by atoms with E-state index in [2.05, 4.69) is 0 Å². The number of amides is 1. The second kappa shape index (κ2) is 7.33. The summed E-state index contributed by atoms with van der Waals surface area (Å²) in [5, 5.41) is 0.684. The fourth-order valence-corrected chi connectivity index (χ4v) is 3.81. The summed E-state index contributed by atoms with van der Waals surface area (Å²) in [4.78, 5) is 53.4. The molecule has 9 heteroatoms. The van der Waals surface area contributed by atoms with Crippen LogP contribution in [0.15, 0.2) is 49.1 Å². The molecule has 3 aromatic rings. The molecule has 0 bridgehead atoms. The van der Waals surface area contributed by atoms with Crippen LogP contribution in [-0.2, 0) is 14.1 Å². The number of anilines is 1. The lowest BCUT2D eigenvalue weighted by molar-refractivity contribution is 0.0742. The van der Waals surface area contributed by atoms with E-state index >= 15 is 0 Å². The zero-order chi connectivity index (χ0) is 21.6. The van der Waals surface area contributed by atoms with Crippen LogP contribution < -0.4 is 21.8 Å². The molecule has 9 nitrogen and oxygen atoms in total. The van der Waals surface area contributed by atoms with Crippen molar-refractivity contribution in [3.05, 3.63) is 72.8 Å². The summed E-state index contributed by atoms with van der Waals surface area (Å²) in [7, 11) is 3.08. The lowest BCUT2D eigenvalue weighted by Crippen LogP contribution is -2.52. The minimum absolute atomic E-state index is 0.00338. The quantitative estimate of drug-likeness (QED) is 0.570. The van der Waals surface area contributed by atoms with Gasteiger partial charge in [0.05, 0.1) is 0 Å². The molecule has 3 heterocycles. The van der Waals surface area contributed by atoms with E-state index in [0.29, 0.717) is 48.5 Å². The number of rotatable bonds is 2. The number of carbonyl (C=O) groups is 1. The third kappa shape index (κ3) is 3.12. The van der Waals surface area contributed by atoms with Crippen molar-refractivity contribution in [2.24, 2.45) is 14.1 Å². The zero-order valence-electron chi connectivity index (χ0n) is 17.0. The molecule has 0 N–H and O–H groups in total. The topological polar surface area (TPSA) is 97.8 Å². The Labute approximate surface area is 171 Å². The molecule has 0 unspecified atom stereocenters. The Kier molecular flexibility index (Phi) is 4.81. The molecule has 0 atom stereocenters. The summed E-state index contributed by atoms with van der Waals surface area (Å²) in [6, 6.07) is 8.59. The van der Waals surface area contributed by atoms with Crippen LogP contribution in [0, 0.1) is 6.92 Å². The summed E-state index contributed by atoms with van der Waals surface area (Å²) in [5.41, 5.74) is 0.0729. The molecular weight excluding hydrogens is 388 g/mol. The molecule has 0 spiro atoms. The Bertz CT molecular complexity index is 1330. The van der Waals surface area contributed by atoms with E-state index < -0.39 is 5.63 Å². The number of hydrogen-bond donors (Lipinski definition) is 0. The largest absolute Gasteiger partial charge is 0.422 e. The van der Waals surface area contributed by atoms with Crippen molar-refractivity contribution < 1.29 is 9.21 Å². The van der Waals surface area contributed by atoms with Gasteiger partial charge in [-0.1, -0.05) is 18.2 Å². The number of nitrogens with zero attached hydrogens (tertiary/aromatic N) is 4. The second-order valence-electron chi connectivity index (χ2n) is 7.40. The first-order valence-corrected chi connectivity index (χ1v) is 9.63. The number of para-hydroxylation sites is 1. The number of benzene rings is 1. The summed E-state index contributed by atoms with van der Waals surface area (Å²) >= 11 is 0. The second-order valence-corrected chi connectivity index (χ2v) is 7.40. The summed E-state index contributed by atoms with van der Waals surface area (Å²) in [6.45, 7) is 3.25. The predicted octanol–water partition coefficient (Wildman–Crippen LogP) is 0.461. The average molecular weight is 410 g/mol. The highest BCUT2D eigenvalue weighted by Crippen LogP contribution is 2.18. The smallest absolute Gasteiger partial charge is 0.349 e. The van der Waals surface area contributed by atoms with Crippen molar-refractivity contribution >= 4 is 22.6 Å². The summed E-state index contributed by atoms with van der Waals surface area (Å²) < 4.78 is 7.80. The Morgan fingerprint density at radius 1 is 0.967 bits per heavy atom. The van der Waals surface area contributed by atoms with Gasteiger partial charge in [-0.25, -0.2) is 9.59 Å². The van der Waals surface area contributed by atoms with Crippen LogP contribution >= 0.6 is 0 Å². The summed E-state index contributed by atoms with van der Waals surface area (Å²) in [5.74, 6) is -0.390. The van der Waals surface area contributed by atoms with Gasteiger partial charge in [-0.05, 0) is 19.1 Å². The standard InChI is InChI=1S/C21H22N4O5/c1-13-17(19(27)23(3)21(29)22(13)2)24-8-10-25(11-9-24)18(26)15-12-14-6-4-5-7-16(14)30-20(15)28/h4-7,12H,8-11H2,1-3H3. The lowest BCUT2D eigenvalue weighted by Gasteiger charge is -2.36. The van der Waals surface area contributed by atoms with Crippen LogP contribution in [0.5, 0.6) is 0 Å². The van der Waals surface area contributed by atoms with Crippen molar-refractivity contribution in [1.82, 2.24) is 14.0 Å². The monoisotopic (exact) mass is 410 g/mol. The third-order valence-electron chi connectivity index (χ3n) is 5.68. The molecular formula is C21H22N4O5. The Morgan fingerprint density at radius 2 is 1.63 bits per heavy atom. The Morgan fingerprint density at radius 3 is 2.33 bits per heavy atom. The molecule has 1 aliphatic heterocycles. The number of piperazine rings is 1. The first-order valence-electron chi connectivity index (χ1n) is 9.63. The molecule has 4 rings (SSSR count). The van der Waals surface area contributed by atoms with Crippen LogP contribution in [0.1, 0.15) is 16.1 Å². The van der Waals surface area contributed by atoms with Crippen LogP contribution in [0.4, 0.5) is 5.69 Å². The Hall–Kier alpha value is -3.62. The molecule has 1 aliphatic rings. The fraction of sp³-hybridized carbons (Fsp3) is 0.333. The van der Waals surface area contributed by atoms with Crippen molar-refractivity contribution in [1.29, 1.82) is 0 Å². The minimum atomic E-state index is -0.663. The van der Waals surface area contributed by atoms with E-state index in [1.165, 1.54) is 11.6 Å². The molecule has 156 valence electrons. The normalized spacial score (nSPS) is 14.4. The Balaban J connectivity index is 1.58. The van der Waals surface area contributed by atoms with Gasteiger partial charge in [0.15, 0.2) is 0 Å². The van der Waals surface area contributed by atoms with E-state index in [4.69, 9.17) is 4.42 Å². The molecule has 1 fully saturated rings. The van der Waals surface area contributed by atoms with Gasteiger partial charge in [0.1, 0.15) is 16.8 Å². The maximum absolute atomic E-state index is 12.9. The van der Waals surface area contributed by atoms with Crippen molar-refractivity contribution in [3.8, 4) is 0 Å². The highest BCUT2D eigenvalue weighted by atomic mass is 16.4. The van der Waals surface area contributed by atoms with Crippen molar-refractivity contribution in [2.45, 2.75) is 6.92 Å². The number of aromatic nitrogens is 2. The SMILES string of the molecule is Cc1c(N2CCN(C(=O)c3cc4ccccc4oc3=O)CC2)c(=O)n(C)c(=O)n1C. The van der Waals surface area contributed by atoms with Crippen LogP contribution in [-0.4, -0.2) is 46.1 Å². The maximum atomic E-state index is 12.9. The zero-order valence-corrected chi connectivity index (χ0v) is 17.0. The predicted molar refractivity (Wildman–Crippen MR) is 112 cm³/mol. The molecule has 0 aliphatic carbocycles. The van der Waals surface area contributed by atoms with Gasteiger partial charge < -0.3 is 14.2 Å². The molecule has 0 radical (unpaired) electrons. The van der Waals surface area contributed by atoms with Gasteiger partial charge >= 0.3 is 11.3 Å². The number of carbonyl (C=O) groups excluding carboxylic acids is 1. The molecule has 30 heavy (non-hydrogen) atoms. The van der Waals surface area contributed by atoms with Gasteiger partial charge in [-0.2, -0.15) is 0 Å². The average Bonchev–Trinajstić information content (AvgIpc) is 2.76. The number of hydrogen-bond acceptors (Lipinski definition) is 6. The molecule has 1 aromatic carbocycles. The minimum Gasteiger partial charge on any atom is -0.422 e. The first-order chi connectivity index (χ1) is 14.3. The van der Waals surface area contributed by atoms with E-state index in [1.54, 1.807) is 43.1 Å². The van der Waals surface area contributed by atoms with Crippen LogP contribution in [0.3, 0.4) is 0 Å². The van der Waals surface area contributed by atoms with E-state index in [0.717, 1.165) is 4.57 Å². The van der Waals surface area contributed by atoms with E-state index in [1.807, 2.05) is 11.0 Å². The molecule has 2 aromatic heterocycles. The lowest BCUT2D eigenvalue weighted by atomic mass is 10.1. The van der Waals surface area contributed by atoms with E-state index in [9.17, 15) is 19.2 Å². The maximum Gasteiger partial charge on any atom is 0.349 e. The van der Waals surface area contributed by atoms with Gasteiger partial charge in [0.2, 0.25) is 0 Å². The molecule has 1 amide bonds. The highest BCUT2D eigenvalue weighted by Gasteiger charge is 2.27. The van der Waals surface area contributed by atoms with Crippen LogP contribution in [0.25, 0.3) is 11.0 Å². The fourth-order valence-electron chi connectivity index (χ4n) is 3.81. The van der Waals surface area contributed by atoms with Crippen molar-refractivity contribution in [2.75, 3.05) is 31.1 Å². The molecule has 0 saturated carbocycles.